The van der Waals surface area contributed by atoms with E-state index >= 15 is 0 Å². The standard InChI is InChI=1S/C13H19F2NO2/c1-9(16(2)7-11(17)8-18-3)10-4-5-12(14)13(15)6-10/h4-6,9,11,17H,7-8H2,1-3H3. The van der Waals surface area contributed by atoms with Gasteiger partial charge in [0.2, 0.25) is 0 Å². The monoisotopic (exact) mass is 259 g/mol. The first-order valence-electron chi connectivity index (χ1n) is 5.78. The Kier molecular flexibility index (Phi) is 5.65. The van der Waals surface area contributed by atoms with Crippen molar-refractivity contribution in [3.8, 4) is 0 Å². The van der Waals surface area contributed by atoms with Crippen molar-refractivity contribution in [2.75, 3.05) is 27.3 Å². The van der Waals surface area contributed by atoms with Gasteiger partial charge in [-0.15, -0.1) is 0 Å². The second-order valence-corrected chi connectivity index (χ2v) is 4.40. The lowest BCUT2D eigenvalue weighted by atomic mass is 10.1. The summed E-state index contributed by atoms with van der Waals surface area (Å²) >= 11 is 0. The fourth-order valence-corrected chi connectivity index (χ4v) is 1.76. The molecule has 1 N–H and O–H groups in total. The molecule has 0 amide bonds. The van der Waals surface area contributed by atoms with Crippen LogP contribution in [0.15, 0.2) is 18.2 Å². The zero-order chi connectivity index (χ0) is 13.7. The Balaban J connectivity index is 2.67. The predicted octanol–water partition coefficient (Wildman–Crippen LogP) is 1.96. The summed E-state index contributed by atoms with van der Waals surface area (Å²) in [5, 5.41) is 9.61. The van der Waals surface area contributed by atoms with Crippen LogP contribution in [-0.4, -0.2) is 43.4 Å². The molecule has 102 valence electrons. The average molecular weight is 259 g/mol. The first kappa shape index (κ1) is 15.0. The minimum atomic E-state index is -0.856. The van der Waals surface area contributed by atoms with E-state index in [4.69, 9.17) is 4.74 Å². The Labute approximate surface area is 106 Å². The minimum absolute atomic E-state index is 0.119. The van der Waals surface area contributed by atoms with Gasteiger partial charge in [-0.3, -0.25) is 4.90 Å². The molecule has 1 aromatic rings. The van der Waals surface area contributed by atoms with E-state index in [9.17, 15) is 13.9 Å². The molecule has 0 fully saturated rings. The number of methoxy groups -OCH3 is 1. The van der Waals surface area contributed by atoms with Gasteiger partial charge in [-0.05, 0) is 31.7 Å². The highest BCUT2D eigenvalue weighted by molar-refractivity contribution is 5.20. The van der Waals surface area contributed by atoms with Crippen LogP contribution in [0.2, 0.25) is 0 Å². The van der Waals surface area contributed by atoms with E-state index in [1.54, 1.807) is 6.07 Å². The molecule has 0 aliphatic rings. The molecule has 0 heterocycles. The van der Waals surface area contributed by atoms with Crippen molar-refractivity contribution in [3.05, 3.63) is 35.4 Å². The van der Waals surface area contributed by atoms with Crippen LogP contribution in [-0.2, 0) is 4.74 Å². The van der Waals surface area contributed by atoms with Gasteiger partial charge in [0, 0.05) is 19.7 Å². The molecule has 3 nitrogen and oxygen atoms in total. The molecule has 2 atom stereocenters. The number of likely N-dealkylation sites (N-methyl/N-ethyl adjacent to an activating group) is 1. The molecule has 0 aliphatic heterocycles. The summed E-state index contributed by atoms with van der Waals surface area (Å²) < 4.78 is 30.8. The molecule has 0 radical (unpaired) electrons. The molecular formula is C13H19F2NO2. The highest BCUT2D eigenvalue weighted by atomic mass is 19.2. The van der Waals surface area contributed by atoms with E-state index < -0.39 is 17.7 Å². The highest BCUT2D eigenvalue weighted by Gasteiger charge is 2.16. The lowest BCUT2D eigenvalue weighted by molar-refractivity contribution is 0.0357. The third kappa shape index (κ3) is 4.01. The van der Waals surface area contributed by atoms with Crippen LogP contribution in [0.4, 0.5) is 8.78 Å². The van der Waals surface area contributed by atoms with Crippen molar-refractivity contribution >= 4 is 0 Å². The molecular weight excluding hydrogens is 240 g/mol. The maximum absolute atomic E-state index is 13.1. The Hall–Kier alpha value is -1.04. The van der Waals surface area contributed by atoms with Crippen LogP contribution in [0, 0.1) is 11.6 Å². The zero-order valence-electron chi connectivity index (χ0n) is 10.9. The molecule has 0 aliphatic carbocycles. The number of hydrogen-bond donors (Lipinski definition) is 1. The van der Waals surface area contributed by atoms with E-state index in [0.29, 0.717) is 12.1 Å². The summed E-state index contributed by atoms with van der Waals surface area (Å²) in [6.07, 6.45) is -0.604. The van der Waals surface area contributed by atoms with Gasteiger partial charge in [0.15, 0.2) is 11.6 Å². The summed E-state index contributed by atoms with van der Waals surface area (Å²) in [6, 6.07) is 3.72. The van der Waals surface area contributed by atoms with Gasteiger partial charge in [-0.1, -0.05) is 6.07 Å². The van der Waals surface area contributed by atoms with Crippen LogP contribution in [0.5, 0.6) is 0 Å². The van der Waals surface area contributed by atoms with Crippen molar-refractivity contribution in [3.63, 3.8) is 0 Å². The minimum Gasteiger partial charge on any atom is -0.389 e. The molecule has 1 aromatic carbocycles. The van der Waals surface area contributed by atoms with Gasteiger partial charge in [-0.2, -0.15) is 0 Å². The number of halogens is 2. The Morgan fingerprint density at radius 2 is 2.00 bits per heavy atom. The number of nitrogens with zero attached hydrogens (tertiary/aromatic N) is 1. The van der Waals surface area contributed by atoms with E-state index in [0.717, 1.165) is 6.07 Å². The molecule has 0 bridgehead atoms. The summed E-state index contributed by atoms with van der Waals surface area (Å²) in [6.45, 7) is 2.51. The van der Waals surface area contributed by atoms with Crippen molar-refractivity contribution < 1.29 is 18.6 Å². The largest absolute Gasteiger partial charge is 0.389 e. The smallest absolute Gasteiger partial charge is 0.159 e. The van der Waals surface area contributed by atoms with Gasteiger partial charge in [0.1, 0.15) is 0 Å². The zero-order valence-corrected chi connectivity index (χ0v) is 10.9. The van der Waals surface area contributed by atoms with Gasteiger partial charge in [-0.25, -0.2) is 8.78 Å². The van der Waals surface area contributed by atoms with Crippen LogP contribution in [0.25, 0.3) is 0 Å². The van der Waals surface area contributed by atoms with Crippen LogP contribution in [0.3, 0.4) is 0 Å². The molecule has 5 heteroatoms. The fourth-order valence-electron chi connectivity index (χ4n) is 1.76. The maximum atomic E-state index is 13.1. The third-order valence-electron chi connectivity index (χ3n) is 2.95. The number of hydrogen-bond acceptors (Lipinski definition) is 3. The molecule has 1 rings (SSSR count). The van der Waals surface area contributed by atoms with Crippen LogP contribution < -0.4 is 0 Å². The van der Waals surface area contributed by atoms with Crippen molar-refractivity contribution in [1.82, 2.24) is 4.90 Å². The Morgan fingerprint density at radius 3 is 2.56 bits per heavy atom. The van der Waals surface area contributed by atoms with E-state index in [2.05, 4.69) is 0 Å². The Bertz CT molecular complexity index is 387. The quantitative estimate of drug-likeness (QED) is 0.847. The highest BCUT2D eigenvalue weighted by Crippen LogP contribution is 2.20. The van der Waals surface area contributed by atoms with Gasteiger partial charge in [0.25, 0.3) is 0 Å². The first-order chi connectivity index (χ1) is 8.45. The van der Waals surface area contributed by atoms with Crippen LogP contribution >= 0.6 is 0 Å². The maximum Gasteiger partial charge on any atom is 0.159 e. The van der Waals surface area contributed by atoms with Crippen molar-refractivity contribution in [2.45, 2.75) is 19.1 Å². The molecule has 0 spiro atoms. The van der Waals surface area contributed by atoms with E-state index in [1.165, 1.54) is 13.2 Å². The molecule has 0 saturated heterocycles. The second kappa shape index (κ2) is 6.78. The summed E-state index contributed by atoms with van der Waals surface area (Å²) in [4.78, 5) is 1.86. The predicted molar refractivity (Wildman–Crippen MR) is 65.3 cm³/mol. The topological polar surface area (TPSA) is 32.7 Å². The Morgan fingerprint density at radius 1 is 1.33 bits per heavy atom. The first-order valence-corrected chi connectivity index (χ1v) is 5.78. The van der Waals surface area contributed by atoms with Crippen molar-refractivity contribution in [2.24, 2.45) is 0 Å². The normalized spacial score (nSPS) is 14.8. The lowest BCUT2D eigenvalue weighted by Gasteiger charge is -2.27. The molecule has 0 saturated carbocycles. The lowest BCUT2D eigenvalue weighted by Crippen LogP contribution is -2.33. The van der Waals surface area contributed by atoms with Gasteiger partial charge < -0.3 is 9.84 Å². The third-order valence-corrected chi connectivity index (χ3v) is 2.95. The van der Waals surface area contributed by atoms with Crippen LogP contribution in [0.1, 0.15) is 18.5 Å². The van der Waals surface area contributed by atoms with Gasteiger partial charge in [0.05, 0.1) is 12.7 Å². The molecule has 18 heavy (non-hydrogen) atoms. The summed E-state index contributed by atoms with van der Waals surface area (Å²) in [5.74, 6) is -1.71. The number of rotatable bonds is 6. The molecule has 0 aromatic heterocycles. The number of aliphatic hydroxyl groups excluding tert-OH is 1. The van der Waals surface area contributed by atoms with Gasteiger partial charge >= 0.3 is 0 Å². The molecule has 2 unspecified atom stereocenters. The summed E-state index contributed by atoms with van der Waals surface area (Å²) in [5.41, 5.74) is 0.668. The number of ether oxygens (including phenoxy) is 1. The van der Waals surface area contributed by atoms with E-state index in [1.807, 2.05) is 18.9 Å². The second-order valence-electron chi connectivity index (χ2n) is 4.40. The van der Waals surface area contributed by atoms with E-state index in [-0.39, 0.29) is 12.6 Å². The fraction of sp³-hybridized carbons (Fsp3) is 0.538. The summed E-state index contributed by atoms with van der Waals surface area (Å²) in [7, 11) is 3.33. The number of aliphatic hydroxyl groups is 1. The average Bonchev–Trinajstić information content (AvgIpc) is 2.32. The van der Waals surface area contributed by atoms with Crippen molar-refractivity contribution in [1.29, 1.82) is 0 Å². The SMILES string of the molecule is COCC(O)CN(C)C(C)c1ccc(F)c(F)c1. The number of benzene rings is 1.